The van der Waals surface area contributed by atoms with Crippen LogP contribution in [0.3, 0.4) is 0 Å². The fourth-order valence-corrected chi connectivity index (χ4v) is 15.2. The maximum Gasteiger partial charge on any atom is 0.340 e. The molecule has 0 amide bonds. The van der Waals surface area contributed by atoms with Gasteiger partial charge in [0.2, 0.25) is 0 Å². The van der Waals surface area contributed by atoms with E-state index >= 15 is 9.59 Å². The first-order valence-electron chi connectivity index (χ1n) is 28.7. The van der Waals surface area contributed by atoms with E-state index in [0.717, 1.165) is 75.3 Å². The molecule has 11 heteroatoms. The second-order valence-corrected chi connectivity index (χ2v) is 23.5. The Bertz CT molecular complexity index is 3100. The quantitative estimate of drug-likeness (QED) is 0.0693. The highest BCUT2D eigenvalue weighted by Crippen LogP contribution is 2.56. The summed E-state index contributed by atoms with van der Waals surface area (Å²) in [5.41, 5.74) is 7.19. The number of rotatable bonds is 10. The van der Waals surface area contributed by atoms with Crippen LogP contribution in [0.1, 0.15) is 184 Å². The van der Waals surface area contributed by atoms with Crippen molar-refractivity contribution in [2.45, 2.75) is 164 Å². The third-order valence-corrected chi connectivity index (χ3v) is 19.3. The SMILES string of the molecule is COC[C@@H](CCO)c1c(CO)c2ccc3c(c2oc1=O)[C@H]1OC(=O)C[C@@H]2C[C@H](c4cccc([C@]56CCCC[C@@H]5C=Cc5ccccc56)c4)CC[C@H]2c2ccc(cc2)CC/C(=C(\C)CO)C(=O)O[C@@H]1[C@](C)(C1CCCCC1)O3. The highest BCUT2D eigenvalue weighted by Gasteiger charge is 2.57. The number of carbonyl (C=O) groups excluding carboxylic acids is 2. The van der Waals surface area contributed by atoms with Crippen LogP contribution in [0.2, 0.25) is 0 Å². The number of benzene rings is 4. The number of aryl methyl sites for hydroxylation is 1. The molecule has 0 saturated heterocycles. The number of allylic oxidation sites excluding steroid dienone is 1. The zero-order valence-electron chi connectivity index (χ0n) is 45.1. The van der Waals surface area contributed by atoms with Crippen molar-refractivity contribution in [3.8, 4) is 5.75 Å². The predicted molar refractivity (Wildman–Crippen MR) is 296 cm³/mol. The smallest absolute Gasteiger partial charge is 0.340 e. The lowest BCUT2D eigenvalue weighted by molar-refractivity contribution is -0.201. The Morgan fingerprint density at radius 3 is 2.42 bits per heavy atom. The van der Waals surface area contributed by atoms with Crippen molar-refractivity contribution in [2.24, 2.45) is 17.8 Å². The number of aliphatic hydroxyl groups excluding tert-OH is 3. The lowest BCUT2D eigenvalue weighted by atomic mass is 9.56. The first-order valence-corrected chi connectivity index (χ1v) is 28.7. The van der Waals surface area contributed by atoms with Gasteiger partial charge in [0.25, 0.3) is 0 Å². The summed E-state index contributed by atoms with van der Waals surface area (Å²) >= 11 is 0. The number of hydrogen-bond donors (Lipinski definition) is 3. The highest BCUT2D eigenvalue weighted by atomic mass is 16.6. The number of fused-ring (bicyclic) bond motifs is 14. The van der Waals surface area contributed by atoms with Crippen LogP contribution in [-0.2, 0) is 42.2 Å². The molecule has 0 radical (unpaired) electrons. The number of carbonyl (C=O) groups is 2. The van der Waals surface area contributed by atoms with Gasteiger partial charge in [0.1, 0.15) is 16.9 Å². The monoisotopic (exact) mass is 1040 g/mol. The average Bonchev–Trinajstić information content (AvgIpc) is 3.61. The lowest BCUT2D eigenvalue weighted by Crippen LogP contribution is -2.58. The first kappa shape index (κ1) is 53.2. The minimum absolute atomic E-state index is 0.0548. The lowest BCUT2D eigenvalue weighted by Gasteiger charge is -2.50. The summed E-state index contributed by atoms with van der Waals surface area (Å²) in [7, 11) is 1.51. The normalized spacial score (nSPS) is 28.7. The fourth-order valence-electron chi connectivity index (χ4n) is 15.2. The van der Waals surface area contributed by atoms with Gasteiger partial charge in [0, 0.05) is 53.9 Å². The van der Waals surface area contributed by atoms with Crippen molar-refractivity contribution in [1.29, 1.82) is 0 Å². The largest absolute Gasteiger partial charge is 0.483 e. The molecule has 1 aromatic heterocycles. The second kappa shape index (κ2) is 22.5. The Morgan fingerprint density at radius 1 is 0.831 bits per heavy atom. The van der Waals surface area contributed by atoms with Crippen molar-refractivity contribution >= 4 is 29.0 Å². The third kappa shape index (κ3) is 9.82. The van der Waals surface area contributed by atoms with Crippen molar-refractivity contribution in [1.82, 2.24) is 0 Å². The Morgan fingerprint density at radius 2 is 1.64 bits per heavy atom. The topological polar surface area (TPSA) is 162 Å². The minimum atomic E-state index is -1.30. The van der Waals surface area contributed by atoms with Crippen LogP contribution in [0.15, 0.2) is 111 Å². The van der Waals surface area contributed by atoms with Crippen LogP contribution in [0.5, 0.6) is 5.75 Å². The van der Waals surface area contributed by atoms with Crippen LogP contribution >= 0.6 is 0 Å². The van der Waals surface area contributed by atoms with Gasteiger partial charge in [-0.15, -0.1) is 0 Å². The summed E-state index contributed by atoms with van der Waals surface area (Å²) in [6.07, 6.45) is 15.1. The van der Waals surface area contributed by atoms with Gasteiger partial charge in [-0.25, -0.2) is 9.59 Å². The summed E-state index contributed by atoms with van der Waals surface area (Å²) in [4.78, 5) is 45.0. The van der Waals surface area contributed by atoms with Crippen LogP contribution in [0, 0.1) is 17.8 Å². The molecule has 9 atom stereocenters. The highest BCUT2D eigenvalue weighted by molar-refractivity contribution is 5.90. The Kier molecular flexibility index (Phi) is 15.5. The van der Waals surface area contributed by atoms with Crippen LogP contribution < -0.4 is 10.4 Å². The Balaban J connectivity index is 1.03. The molecule has 5 aromatic rings. The van der Waals surface area contributed by atoms with Gasteiger partial charge < -0.3 is 38.7 Å². The molecule has 406 valence electrons. The molecule has 4 heterocycles. The molecule has 3 fully saturated rings. The molecule has 3 N–H and O–H groups in total. The van der Waals surface area contributed by atoms with Crippen LogP contribution in [0.4, 0.5) is 0 Å². The summed E-state index contributed by atoms with van der Waals surface area (Å²) in [5.74, 6) is -0.925. The minimum Gasteiger partial charge on any atom is -0.483 e. The van der Waals surface area contributed by atoms with Crippen molar-refractivity contribution in [3.63, 3.8) is 0 Å². The Labute approximate surface area is 452 Å². The van der Waals surface area contributed by atoms with Gasteiger partial charge in [0.05, 0.1) is 25.4 Å². The van der Waals surface area contributed by atoms with E-state index in [4.69, 9.17) is 23.4 Å². The predicted octanol–water partition coefficient (Wildman–Crippen LogP) is 12.1. The molecule has 2 bridgehead atoms. The Hall–Kier alpha value is -5.85. The van der Waals surface area contributed by atoms with Crippen molar-refractivity contribution in [3.05, 3.63) is 163 Å². The summed E-state index contributed by atoms with van der Waals surface area (Å²) < 4.78 is 32.8. The van der Waals surface area contributed by atoms with Gasteiger partial charge in [-0.3, -0.25) is 4.79 Å². The standard InChI is InChI=1S/C66H76O11/c1-40(37-68)51-27-21-41-19-22-42(23-20-41)52-28-25-45(44-13-11-17-50(35-44)66-32-10-9-16-49(66)26-24-43-12-7-8-18-55(43)66)34-47(52)36-57(70)74-61-59-56(77-65(2,62(61)76-63(51)71)48-14-5-4-6-15-48)30-29-53-54(38-69)58(64(72)75-60(53)59)46(31-33-67)39-73-3/h7-8,11-13,17-20,22-24,26,29-30,35,45-49,52,61-62,67-69H,4-6,9-10,14-16,21,25,27-28,31-34,36-39H2,1-3H3/b51-40-/t45-,46-,47+,49-,52+,61-,62+,65+,66+/m1/s1. The summed E-state index contributed by atoms with van der Waals surface area (Å²) in [5, 5.41) is 32.2. The van der Waals surface area contributed by atoms with Gasteiger partial charge in [0.15, 0.2) is 12.2 Å². The molecule has 77 heavy (non-hydrogen) atoms. The van der Waals surface area contributed by atoms with E-state index in [1.807, 2.05) is 6.92 Å². The fraction of sp³-hybridized carbons (Fsp3) is 0.500. The molecule has 0 spiro atoms. The number of methoxy groups -OCH3 is 1. The maximum absolute atomic E-state index is 15.5. The maximum atomic E-state index is 15.5. The van der Waals surface area contributed by atoms with E-state index in [0.29, 0.717) is 46.6 Å². The zero-order valence-corrected chi connectivity index (χ0v) is 45.1. The van der Waals surface area contributed by atoms with E-state index in [1.165, 1.54) is 42.2 Å². The molecular weight excluding hydrogens is 969 g/mol. The van der Waals surface area contributed by atoms with E-state index in [9.17, 15) is 20.1 Å². The molecule has 11 nitrogen and oxygen atoms in total. The third-order valence-electron chi connectivity index (χ3n) is 19.3. The molecule has 4 aliphatic carbocycles. The molecule has 3 aliphatic heterocycles. The first-order chi connectivity index (χ1) is 37.5. The molecule has 3 saturated carbocycles. The van der Waals surface area contributed by atoms with Gasteiger partial charge in [-0.2, -0.15) is 0 Å². The summed E-state index contributed by atoms with van der Waals surface area (Å²) in [6.45, 7) is 2.68. The summed E-state index contributed by atoms with van der Waals surface area (Å²) in [6, 6.07) is 30.5. The van der Waals surface area contributed by atoms with Crippen molar-refractivity contribution < 1.29 is 48.3 Å². The molecular formula is C66H76O11. The van der Waals surface area contributed by atoms with Gasteiger partial charge >= 0.3 is 17.6 Å². The number of hydrogen-bond acceptors (Lipinski definition) is 11. The average molecular weight is 1050 g/mol. The number of esters is 2. The zero-order chi connectivity index (χ0) is 53.4. The second-order valence-electron chi connectivity index (χ2n) is 23.5. The molecule has 12 rings (SSSR count). The van der Waals surface area contributed by atoms with Crippen molar-refractivity contribution in [2.75, 3.05) is 26.9 Å². The van der Waals surface area contributed by atoms with Gasteiger partial charge in [-0.1, -0.05) is 117 Å². The molecule has 0 unspecified atom stereocenters. The van der Waals surface area contributed by atoms with Crippen LogP contribution in [-0.4, -0.2) is 65.9 Å². The van der Waals surface area contributed by atoms with E-state index < -0.39 is 47.9 Å². The molecule has 4 aromatic carbocycles. The van der Waals surface area contributed by atoms with E-state index in [2.05, 4.69) is 84.9 Å². The van der Waals surface area contributed by atoms with Crippen LogP contribution in [0.25, 0.3) is 17.0 Å². The number of ether oxygens (including phenoxy) is 4. The van der Waals surface area contributed by atoms with E-state index in [1.54, 1.807) is 19.1 Å². The van der Waals surface area contributed by atoms with Gasteiger partial charge in [-0.05, 0) is 158 Å². The van der Waals surface area contributed by atoms with E-state index in [-0.39, 0.29) is 78.5 Å². The number of aliphatic hydroxyl groups is 3. The molecule has 7 aliphatic rings.